The second kappa shape index (κ2) is 73.2. The zero-order valence-corrected chi connectivity index (χ0v) is 68.9. The normalized spacial score (nSPS) is 14.5. The van der Waals surface area contributed by atoms with Crippen molar-refractivity contribution < 1.29 is 80.2 Å². The van der Waals surface area contributed by atoms with Gasteiger partial charge in [0.2, 0.25) is 0 Å². The number of hydrogen-bond acceptors (Lipinski definition) is 15. The van der Waals surface area contributed by atoms with Crippen molar-refractivity contribution in [3.05, 3.63) is 0 Å². The first-order valence-electron chi connectivity index (χ1n) is 42.9. The Hall–Kier alpha value is -1.94. The summed E-state index contributed by atoms with van der Waals surface area (Å²) in [4.78, 5) is 73.0. The molecule has 0 amide bonds. The molecule has 0 rings (SSSR count). The van der Waals surface area contributed by atoms with Crippen molar-refractivity contribution in [3.63, 3.8) is 0 Å². The highest BCUT2D eigenvalue weighted by molar-refractivity contribution is 7.47. The molecule has 0 saturated carbocycles. The van der Waals surface area contributed by atoms with E-state index >= 15 is 0 Å². The Morgan fingerprint density at radius 3 is 0.745 bits per heavy atom. The number of phosphoric ester groups is 2. The van der Waals surface area contributed by atoms with Crippen LogP contribution in [-0.2, 0) is 65.4 Å². The van der Waals surface area contributed by atoms with Gasteiger partial charge in [0.25, 0.3) is 0 Å². The van der Waals surface area contributed by atoms with E-state index in [-0.39, 0.29) is 25.7 Å². The lowest BCUT2D eigenvalue weighted by Crippen LogP contribution is -2.30. The fourth-order valence-electron chi connectivity index (χ4n) is 12.8. The number of rotatable bonds is 81. The molecule has 0 aromatic rings. The quantitative estimate of drug-likeness (QED) is 0.0222. The number of phosphoric acid groups is 2. The summed E-state index contributed by atoms with van der Waals surface area (Å²) in [6.45, 7) is 11.9. The van der Waals surface area contributed by atoms with Gasteiger partial charge in [-0.2, -0.15) is 0 Å². The molecule has 0 saturated heterocycles. The molecule has 4 unspecified atom stereocenters. The smallest absolute Gasteiger partial charge is 0.462 e. The highest BCUT2D eigenvalue weighted by atomic mass is 31.2. The molecule has 102 heavy (non-hydrogen) atoms. The highest BCUT2D eigenvalue weighted by Crippen LogP contribution is 2.45. The Balaban J connectivity index is 5.21. The lowest BCUT2D eigenvalue weighted by Gasteiger charge is -2.21. The summed E-state index contributed by atoms with van der Waals surface area (Å²) in [7, 11) is -9.92. The molecule has 0 aromatic carbocycles. The van der Waals surface area contributed by atoms with E-state index in [1.807, 2.05) is 0 Å². The number of ether oxygens (including phenoxy) is 4. The summed E-state index contributed by atoms with van der Waals surface area (Å²) in [6, 6.07) is 0. The van der Waals surface area contributed by atoms with Crippen LogP contribution in [0, 0.1) is 17.8 Å². The summed E-state index contributed by atoms with van der Waals surface area (Å²) >= 11 is 0. The van der Waals surface area contributed by atoms with E-state index in [1.54, 1.807) is 0 Å². The van der Waals surface area contributed by atoms with E-state index in [1.165, 1.54) is 238 Å². The third-order valence-electron chi connectivity index (χ3n) is 20.1. The molecule has 0 aliphatic heterocycles. The first-order valence-corrected chi connectivity index (χ1v) is 45.9. The van der Waals surface area contributed by atoms with Crippen LogP contribution < -0.4 is 0 Å². The minimum atomic E-state index is -4.96. The largest absolute Gasteiger partial charge is 0.472 e. The molecule has 0 fully saturated rings. The second-order valence-corrected chi connectivity index (χ2v) is 33.7. The SMILES string of the molecule is CCCCCCCCCCCCCCCCCCCCCCCCC(=O)O[C@H](COC(=O)CCCCCCCCCCCCCCCCC(C)CC)COP(=O)(O)OC[C@@H](O)COP(=O)(O)OC[C@@H](COC(=O)CCCCCCCCC(C)CC)OC(=O)CCCCCCCCCCCC(C)C. The number of esters is 4. The molecule has 19 heteroatoms. The predicted octanol–water partition coefficient (Wildman–Crippen LogP) is 24.9. The van der Waals surface area contributed by atoms with E-state index in [0.29, 0.717) is 25.7 Å². The molecule has 7 atom stereocenters. The van der Waals surface area contributed by atoms with Gasteiger partial charge in [0.1, 0.15) is 19.3 Å². The van der Waals surface area contributed by atoms with Gasteiger partial charge in [0.15, 0.2) is 12.2 Å². The van der Waals surface area contributed by atoms with Gasteiger partial charge in [0.05, 0.1) is 26.4 Å². The Morgan fingerprint density at radius 1 is 0.284 bits per heavy atom. The van der Waals surface area contributed by atoms with Crippen LogP contribution in [0.1, 0.15) is 434 Å². The zero-order valence-electron chi connectivity index (χ0n) is 67.1. The van der Waals surface area contributed by atoms with E-state index in [4.69, 9.17) is 37.0 Å². The van der Waals surface area contributed by atoms with Crippen LogP contribution >= 0.6 is 15.6 Å². The van der Waals surface area contributed by atoms with Crippen LogP contribution in [0.4, 0.5) is 0 Å². The maximum absolute atomic E-state index is 13.1. The average molecular weight is 1490 g/mol. The topological polar surface area (TPSA) is 237 Å². The van der Waals surface area contributed by atoms with E-state index < -0.39 is 97.5 Å². The first kappa shape index (κ1) is 100. The summed E-state index contributed by atoms with van der Waals surface area (Å²) < 4.78 is 68.7. The molecule has 3 N–H and O–H groups in total. The number of aliphatic hydroxyl groups excluding tert-OH is 1. The molecular weight excluding hydrogens is 1330 g/mol. The maximum atomic E-state index is 13.1. The molecule has 0 aliphatic rings. The van der Waals surface area contributed by atoms with Gasteiger partial charge < -0.3 is 33.8 Å². The monoisotopic (exact) mass is 1490 g/mol. The van der Waals surface area contributed by atoms with E-state index in [2.05, 4.69) is 48.5 Å². The van der Waals surface area contributed by atoms with Gasteiger partial charge in [-0.1, -0.05) is 382 Å². The lowest BCUT2D eigenvalue weighted by atomic mass is 9.99. The van der Waals surface area contributed by atoms with Crippen LogP contribution in [0.2, 0.25) is 0 Å². The number of carbonyl (C=O) groups is 4. The summed E-state index contributed by atoms with van der Waals surface area (Å²) in [6.07, 6.45) is 62.6. The third kappa shape index (κ3) is 73.6. The van der Waals surface area contributed by atoms with Crippen LogP contribution in [0.15, 0.2) is 0 Å². The molecule has 0 spiro atoms. The van der Waals surface area contributed by atoms with Gasteiger partial charge in [0, 0.05) is 25.7 Å². The van der Waals surface area contributed by atoms with Crippen LogP contribution in [0.25, 0.3) is 0 Å². The Bertz CT molecular complexity index is 1980. The van der Waals surface area contributed by atoms with Gasteiger partial charge >= 0.3 is 39.5 Å². The summed E-state index contributed by atoms with van der Waals surface area (Å²) in [5, 5.41) is 10.6. The standard InChI is InChI=1S/C83H162O17P2/c1-8-11-12-13-14-15-16-17-18-19-20-21-22-23-24-25-30-33-38-43-52-59-66-82(87)99-78(70-93-80(85)64-57-50-42-37-32-29-27-26-28-31-36-41-48-55-62-75(6)9-2)72-97-101(89,90)95-68-77(84)69-96-102(91,92)98-73-79(71-94-81(86)65-58-51-46-45-49-56-63-76(7)10-3)100-83(88)67-60-53-44-39-34-35-40-47-54-61-74(4)5/h74-79,84H,8-73H2,1-7H3,(H,89,90)(H,91,92)/t75?,76?,77-,78-,79-/m1/s1. The predicted molar refractivity (Wildman–Crippen MR) is 418 cm³/mol. The molecule has 0 heterocycles. The molecule has 0 radical (unpaired) electrons. The van der Waals surface area contributed by atoms with Gasteiger partial charge in [-0.3, -0.25) is 37.3 Å². The van der Waals surface area contributed by atoms with Crippen LogP contribution in [0.5, 0.6) is 0 Å². The van der Waals surface area contributed by atoms with Crippen molar-refractivity contribution in [2.24, 2.45) is 17.8 Å². The van der Waals surface area contributed by atoms with Crippen molar-refractivity contribution in [1.82, 2.24) is 0 Å². The van der Waals surface area contributed by atoms with E-state index in [9.17, 15) is 43.2 Å². The molecular formula is C83H162O17P2. The minimum Gasteiger partial charge on any atom is -0.462 e. The molecule has 0 aliphatic carbocycles. The molecule has 606 valence electrons. The number of carbonyl (C=O) groups excluding carboxylic acids is 4. The fraction of sp³-hybridized carbons (Fsp3) is 0.952. The number of hydrogen-bond donors (Lipinski definition) is 3. The van der Waals surface area contributed by atoms with Crippen LogP contribution in [-0.4, -0.2) is 96.7 Å². The van der Waals surface area contributed by atoms with Crippen molar-refractivity contribution in [3.8, 4) is 0 Å². The van der Waals surface area contributed by atoms with Crippen molar-refractivity contribution in [2.45, 2.75) is 452 Å². The summed E-state index contributed by atoms with van der Waals surface area (Å²) in [5.74, 6) is 0.205. The van der Waals surface area contributed by atoms with Gasteiger partial charge in [-0.15, -0.1) is 0 Å². The minimum absolute atomic E-state index is 0.104. The Kier molecular flexibility index (Phi) is 71.8. The molecule has 0 aromatic heterocycles. The van der Waals surface area contributed by atoms with Crippen molar-refractivity contribution in [1.29, 1.82) is 0 Å². The maximum Gasteiger partial charge on any atom is 0.472 e. The Morgan fingerprint density at radius 2 is 0.500 bits per heavy atom. The number of unbranched alkanes of at least 4 members (excludes halogenated alkanes) is 47. The van der Waals surface area contributed by atoms with Gasteiger partial charge in [-0.05, 0) is 43.4 Å². The fourth-order valence-corrected chi connectivity index (χ4v) is 14.4. The summed E-state index contributed by atoms with van der Waals surface area (Å²) in [5.41, 5.74) is 0. The first-order chi connectivity index (χ1) is 49.3. The third-order valence-corrected chi connectivity index (χ3v) is 22.0. The molecule has 17 nitrogen and oxygen atoms in total. The lowest BCUT2D eigenvalue weighted by molar-refractivity contribution is -0.161. The second-order valence-electron chi connectivity index (χ2n) is 30.8. The molecule has 0 bridgehead atoms. The highest BCUT2D eigenvalue weighted by Gasteiger charge is 2.30. The Labute approximate surface area is 626 Å². The van der Waals surface area contributed by atoms with E-state index in [0.717, 1.165) is 114 Å². The van der Waals surface area contributed by atoms with Crippen molar-refractivity contribution in [2.75, 3.05) is 39.6 Å². The van der Waals surface area contributed by atoms with Crippen molar-refractivity contribution >= 4 is 39.5 Å². The zero-order chi connectivity index (χ0) is 75.1. The average Bonchev–Trinajstić information content (AvgIpc) is 0.911. The van der Waals surface area contributed by atoms with Crippen LogP contribution in [0.3, 0.4) is 0 Å². The van der Waals surface area contributed by atoms with Gasteiger partial charge in [-0.25, -0.2) is 9.13 Å². The number of aliphatic hydroxyl groups is 1.